The van der Waals surface area contributed by atoms with Crippen LogP contribution in [0.3, 0.4) is 0 Å². The van der Waals surface area contributed by atoms with Crippen molar-refractivity contribution in [2.75, 3.05) is 26.2 Å². The van der Waals surface area contributed by atoms with E-state index in [1.165, 1.54) is 18.4 Å². The van der Waals surface area contributed by atoms with Crippen LogP contribution in [0.4, 0.5) is 0 Å². The van der Waals surface area contributed by atoms with Crippen LogP contribution in [-0.4, -0.2) is 32.2 Å². The van der Waals surface area contributed by atoms with E-state index in [2.05, 4.69) is 42.7 Å². The molecule has 0 saturated carbocycles. The number of fused-ring (bicyclic) bond motifs is 1. The first kappa shape index (κ1) is 19.1. The molecule has 4 nitrogen and oxygen atoms in total. The van der Waals surface area contributed by atoms with Gasteiger partial charge in [0, 0.05) is 25.6 Å². The number of nitrogens with zero attached hydrogens (tertiary/aromatic N) is 1. The molecular weight excluding hydrogens is 389 g/mol. The summed E-state index contributed by atoms with van der Waals surface area (Å²) < 4.78 is 5.71. The number of aliphatic imine (C=N–C) groups is 1. The summed E-state index contributed by atoms with van der Waals surface area (Å²) in [6.07, 6.45) is 3.40. The van der Waals surface area contributed by atoms with Gasteiger partial charge >= 0.3 is 0 Å². The number of hydrogen-bond acceptors (Lipinski definition) is 2. The molecule has 124 valence electrons. The highest BCUT2D eigenvalue weighted by Gasteiger charge is 2.20. The van der Waals surface area contributed by atoms with Crippen LogP contribution in [0.5, 0.6) is 5.75 Å². The van der Waals surface area contributed by atoms with E-state index in [0.29, 0.717) is 5.92 Å². The van der Waals surface area contributed by atoms with Gasteiger partial charge in [0.15, 0.2) is 5.96 Å². The molecule has 0 fully saturated rings. The summed E-state index contributed by atoms with van der Waals surface area (Å²) in [7, 11) is 0. The van der Waals surface area contributed by atoms with Crippen LogP contribution in [0.15, 0.2) is 29.3 Å². The Morgan fingerprint density at radius 1 is 1.27 bits per heavy atom. The Morgan fingerprint density at radius 3 is 2.86 bits per heavy atom. The summed E-state index contributed by atoms with van der Waals surface area (Å²) in [4.78, 5) is 4.75. The largest absolute Gasteiger partial charge is 0.493 e. The molecule has 0 bridgehead atoms. The van der Waals surface area contributed by atoms with Gasteiger partial charge in [0.05, 0.1) is 6.61 Å². The lowest BCUT2D eigenvalue weighted by atomic mass is 9.93. The Hall–Kier alpha value is -0.980. The fourth-order valence-electron chi connectivity index (χ4n) is 2.53. The summed E-state index contributed by atoms with van der Waals surface area (Å²) in [5, 5.41) is 6.71. The number of unbranched alkanes of at least 4 members (excludes halogenated alkanes) is 1. The quantitative estimate of drug-likeness (QED) is 0.322. The molecule has 1 aliphatic rings. The Bertz CT molecular complexity index is 465. The van der Waals surface area contributed by atoms with Crippen LogP contribution in [0.2, 0.25) is 0 Å². The van der Waals surface area contributed by atoms with Gasteiger partial charge in [0.1, 0.15) is 5.75 Å². The first-order chi connectivity index (χ1) is 10.3. The van der Waals surface area contributed by atoms with Gasteiger partial charge in [0.2, 0.25) is 0 Å². The summed E-state index contributed by atoms with van der Waals surface area (Å²) in [6.45, 7) is 7.76. The van der Waals surface area contributed by atoms with Crippen LogP contribution >= 0.6 is 24.0 Å². The summed E-state index contributed by atoms with van der Waals surface area (Å²) >= 11 is 0. The number of para-hydroxylation sites is 1. The fourth-order valence-corrected chi connectivity index (χ4v) is 2.53. The minimum absolute atomic E-state index is 0. The predicted molar refractivity (Wildman–Crippen MR) is 104 cm³/mol. The zero-order valence-corrected chi connectivity index (χ0v) is 15.9. The average Bonchev–Trinajstić information content (AvgIpc) is 2.53. The number of ether oxygens (including phenoxy) is 1. The molecule has 0 radical (unpaired) electrons. The summed E-state index contributed by atoms with van der Waals surface area (Å²) in [5.41, 5.74) is 1.29. The van der Waals surface area contributed by atoms with Crippen molar-refractivity contribution in [3.63, 3.8) is 0 Å². The second kappa shape index (κ2) is 10.7. The molecule has 1 aromatic carbocycles. The van der Waals surface area contributed by atoms with E-state index in [9.17, 15) is 0 Å². The molecule has 0 spiro atoms. The molecule has 0 aromatic heterocycles. The number of halogens is 1. The lowest BCUT2D eigenvalue weighted by molar-refractivity contribution is 0.269. The third-order valence-electron chi connectivity index (χ3n) is 3.72. The molecule has 0 amide bonds. The maximum absolute atomic E-state index is 5.71. The van der Waals surface area contributed by atoms with Gasteiger partial charge in [-0.15, -0.1) is 24.0 Å². The van der Waals surface area contributed by atoms with Crippen molar-refractivity contribution in [3.05, 3.63) is 29.8 Å². The number of guanidine groups is 1. The molecule has 2 N–H and O–H groups in total. The van der Waals surface area contributed by atoms with Crippen molar-refractivity contribution in [3.8, 4) is 5.75 Å². The number of rotatable bonds is 6. The lowest BCUT2D eigenvalue weighted by Gasteiger charge is -2.25. The molecule has 1 aliphatic heterocycles. The highest BCUT2D eigenvalue weighted by atomic mass is 127. The molecule has 1 atom stereocenters. The molecule has 1 heterocycles. The molecule has 22 heavy (non-hydrogen) atoms. The summed E-state index contributed by atoms with van der Waals surface area (Å²) in [6, 6.07) is 8.32. The van der Waals surface area contributed by atoms with Crippen LogP contribution in [0.25, 0.3) is 0 Å². The Kier molecular flexibility index (Phi) is 9.27. The van der Waals surface area contributed by atoms with E-state index in [-0.39, 0.29) is 24.0 Å². The molecule has 0 aliphatic carbocycles. The third-order valence-corrected chi connectivity index (χ3v) is 3.72. The number of benzene rings is 1. The van der Waals surface area contributed by atoms with Gasteiger partial charge < -0.3 is 15.4 Å². The van der Waals surface area contributed by atoms with Gasteiger partial charge in [0.25, 0.3) is 0 Å². The van der Waals surface area contributed by atoms with E-state index >= 15 is 0 Å². The van der Waals surface area contributed by atoms with Crippen molar-refractivity contribution in [2.24, 2.45) is 4.99 Å². The second-order valence-corrected chi connectivity index (χ2v) is 5.37. The monoisotopic (exact) mass is 417 g/mol. The van der Waals surface area contributed by atoms with Crippen LogP contribution < -0.4 is 15.4 Å². The Morgan fingerprint density at radius 2 is 2.09 bits per heavy atom. The van der Waals surface area contributed by atoms with Crippen molar-refractivity contribution in [1.82, 2.24) is 10.6 Å². The molecule has 1 unspecified atom stereocenters. The standard InChI is InChI=1S/C17H27N3O.HI/c1-3-5-11-19-17(18-4-2)20-13-14-10-12-21-16-9-7-6-8-15(14)16;/h6-9,14H,3-5,10-13H2,1-2H3,(H2,18,19,20);1H. The topological polar surface area (TPSA) is 45.7 Å². The van der Waals surface area contributed by atoms with Crippen molar-refractivity contribution in [2.45, 2.75) is 39.0 Å². The first-order valence-corrected chi connectivity index (χ1v) is 8.09. The molecule has 5 heteroatoms. The van der Waals surface area contributed by atoms with Crippen LogP contribution in [0.1, 0.15) is 44.6 Å². The SMILES string of the molecule is CCCCNC(=NCC1CCOc2ccccc21)NCC.I. The molecule has 1 aromatic rings. The summed E-state index contributed by atoms with van der Waals surface area (Å²) in [5.74, 6) is 2.40. The van der Waals surface area contributed by atoms with Crippen LogP contribution in [-0.2, 0) is 0 Å². The zero-order valence-electron chi connectivity index (χ0n) is 13.6. The molecule has 0 saturated heterocycles. The van der Waals surface area contributed by atoms with Gasteiger partial charge in [-0.2, -0.15) is 0 Å². The number of nitrogens with one attached hydrogen (secondary N) is 2. The zero-order chi connectivity index (χ0) is 14.9. The number of hydrogen-bond donors (Lipinski definition) is 2. The van der Waals surface area contributed by atoms with E-state index in [1.54, 1.807) is 0 Å². The maximum atomic E-state index is 5.71. The van der Waals surface area contributed by atoms with Gasteiger partial charge in [-0.05, 0) is 31.4 Å². The minimum atomic E-state index is 0. The van der Waals surface area contributed by atoms with Crippen molar-refractivity contribution < 1.29 is 4.74 Å². The van der Waals surface area contributed by atoms with E-state index in [0.717, 1.165) is 44.4 Å². The lowest BCUT2D eigenvalue weighted by Crippen LogP contribution is -2.38. The average molecular weight is 417 g/mol. The van der Waals surface area contributed by atoms with Crippen molar-refractivity contribution >= 4 is 29.9 Å². The third kappa shape index (κ3) is 5.66. The normalized spacial score (nSPS) is 17.0. The van der Waals surface area contributed by atoms with Gasteiger partial charge in [-0.3, -0.25) is 4.99 Å². The molecular formula is C17H28IN3O. The molecule has 2 rings (SSSR count). The van der Waals surface area contributed by atoms with E-state index in [4.69, 9.17) is 9.73 Å². The van der Waals surface area contributed by atoms with Crippen molar-refractivity contribution in [1.29, 1.82) is 0 Å². The Balaban J connectivity index is 0.00000242. The second-order valence-electron chi connectivity index (χ2n) is 5.37. The highest BCUT2D eigenvalue weighted by Crippen LogP contribution is 2.33. The van der Waals surface area contributed by atoms with E-state index < -0.39 is 0 Å². The Labute approximate surface area is 151 Å². The van der Waals surface area contributed by atoms with Gasteiger partial charge in [-0.1, -0.05) is 31.5 Å². The maximum Gasteiger partial charge on any atom is 0.191 e. The van der Waals surface area contributed by atoms with E-state index in [1.807, 2.05) is 6.07 Å². The minimum Gasteiger partial charge on any atom is -0.493 e. The smallest absolute Gasteiger partial charge is 0.191 e. The highest BCUT2D eigenvalue weighted by molar-refractivity contribution is 14.0. The van der Waals surface area contributed by atoms with Crippen LogP contribution in [0, 0.1) is 0 Å². The predicted octanol–water partition coefficient (Wildman–Crippen LogP) is 3.53. The first-order valence-electron chi connectivity index (χ1n) is 8.09. The fraction of sp³-hybridized carbons (Fsp3) is 0.588. The van der Waals surface area contributed by atoms with Gasteiger partial charge in [-0.25, -0.2) is 0 Å².